The van der Waals surface area contributed by atoms with Crippen LogP contribution in [0.3, 0.4) is 0 Å². The predicted molar refractivity (Wildman–Crippen MR) is 128 cm³/mol. The molecule has 0 bridgehead atoms. The van der Waals surface area contributed by atoms with Gasteiger partial charge in [0.1, 0.15) is 0 Å². The topological polar surface area (TPSA) is 72.7 Å². The van der Waals surface area contributed by atoms with Crippen LogP contribution in [0.2, 0.25) is 5.02 Å². The summed E-state index contributed by atoms with van der Waals surface area (Å²) in [6, 6.07) is 15.7. The number of aryl methyl sites for hydroxylation is 1. The molecule has 2 aromatic heterocycles. The number of anilines is 1. The number of hydrogen-bond acceptors (Lipinski definition) is 6. The Labute approximate surface area is 193 Å². The minimum atomic E-state index is -0.146. The third-order valence-electron chi connectivity index (χ3n) is 4.54. The van der Waals surface area contributed by atoms with Crippen molar-refractivity contribution in [1.82, 2.24) is 19.7 Å². The molecule has 2 aromatic carbocycles. The van der Waals surface area contributed by atoms with Crippen molar-refractivity contribution < 1.29 is 4.79 Å². The van der Waals surface area contributed by atoms with Gasteiger partial charge in [-0.05, 0) is 26.0 Å². The molecule has 0 atom stereocenters. The quantitative estimate of drug-likeness (QED) is 0.347. The van der Waals surface area contributed by atoms with Gasteiger partial charge in [-0.15, -0.1) is 21.5 Å². The summed E-state index contributed by atoms with van der Waals surface area (Å²) in [6.07, 6.45) is 0. The zero-order chi connectivity index (χ0) is 21.8. The highest BCUT2D eigenvalue weighted by molar-refractivity contribution is 7.99. The van der Waals surface area contributed by atoms with Gasteiger partial charge < -0.3 is 9.88 Å². The van der Waals surface area contributed by atoms with Crippen LogP contribution in [-0.2, 0) is 11.3 Å². The first-order chi connectivity index (χ1) is 15.0. The van der Waals surface area contributed by atoms with E-state index in [1.807, 2.05) is 66.3 Å². The first kappa shape index (κ1) is 21.5. The molecule has 158 valence electrons. The van der Waals surface area contributed by atoms with Crippen molar-refractivity contribution in [3.05, 3.63) is 64.5 Å². The largest absolute Gasteiger partial charge is 0.302 e. The van der Waals surface area contributed by atoms with Crippen LogP contribution in [0.5, 0.6) is 0 Å². The number of rotatable bonds is 7. The van der Waals surface area contributed by atoms with E-state index in [1.54, 1.807) is 0 Å². The molecule has 0 fully saturated rings. The number of halogens is 1. The average Bonchev–Trinajstić information content (AvgIpc) is 3.39. The van der Waals surface area contributed by atoms with E-state index in [2.05, 4.69) is 26.6 Å². The number of nitrogens with zero attached hydrogens (tertiary/aromatic N) is 4. The van der Waals surface area contributed by atoms with Gasteiger partial charge in [0.25, 0.3) is 0 Å². The average molecular weight is 470 g/mol. The van der Waals surface area contributed by atoms with E-state index in [-0.39, 0.29) is 11.7 Å². The van der Waals surface area contributed by atoms with Crippen LogP contribution >= 0.6 is 34.7 Å². The summed E-state index contributed by atoms with van der Waals surface area (Å²) < 4.78 is 2.02. The molecule has 4 rings (SSSR count). The summed E-state index contributed by atoms with van der Waals surface area (Å²) in [4.78, 5) is 17.0. The van der Waals surface area contributed by atoms with Gasteiger partial charge >= 0.3 is 0 Å². The first-order valence-electron chi connectivity index (χ1n) is 9.68. The van der Waals surface area contributed by atoms with Crippen LogP contribution in [0.15, 0.2) is 59.1 Å². The lowest BCUT2D eigenvalue weighted by molar-refractivity contribution is -0.113. The lowest BCUT2D eigenvalue weighted by atomic mass is 10.1. The molecule has 0 saturated carbocycles. The number of amides is 1. The van der Waals surface area contributed by atoms with Gasteiger partial charge in [-0.25, -0.2) is 4.98 Å². The summed E-state index contributed by atoms with van der Waals surface area (Å²) >= 11 is 8.96. The smallest absolute Gasteiger partial charge is 0.236 e. The summed E-state index contributed by atoms with van der Waals surface area (Å²) in [6.45, 7) is 4.80. The molecule has 0 aliphatic rings. The van der Waals surface area contributed by atoms with E-state index in [0.717, 1.165) is 28.2 Å². The lowest BCUT2D eigenvalue weighted by Gasteiger charge is -2.07. The molecule has 4 aromatic rings. The third kappa shape index (κ3) is 4.98. The van der Waals surface area contributed by atoms with Gasteiger partial charge in [-0.3, -0.25) is 4.79 Å². The fourth-order valence-electron chi connectivity index (χ4n) is 3.09. The van der Waals surface area contributed by atoms with Crippen molar-refractivity contribution in [3.63, 3.8) is 0 Å². The minimum absolute atomic E-state index is 0.146. The molecule has 9 heteroatoms. The molecule has 0 aliphatic carbocycles. The predicted octanol–water partition coefficient (Wildman–Crippen LogP) is 5.78. The molecule has 0 radical (unpaired) electrons. The Hall–Kier alpha value is -2.68. The van der Waals surface area contributed by atoms with E-state index in [4.69, 9.17) is 11.6 Å². The molecule has 31 heavy (non-hydrogen) atoms. The van der Waals surface area contributed by atoms with Crippen molar-refractivity contribution >= 4 is 45.7 Å². The highest BCUT2D eigenvalue weighted by atomic mass is 35.5. The van der Waals surface area contributed by atoms with Gasteiger partial charge in [-0.1, -0.05) is 65.3 Å². The Kier molecular flexibility index (Phi) is 6.70. The normalized spacial score (nSPS) is 10.9. The van der Waals surface area contributed by atoms with Crippen LogP contribution < -0.4 is 5.32 Å². The Morgan fingerprint density at radius 2 is 2.03 bits per heavy atom. The Bertz CT molecular complexity index is 1220. The fraction of sp³-hybridized carbons (Fsp3) is 0.182. The number of carbonyl (C=O) groups excluding carboxylic acids is 1. The van der Waals surface area contributed by atoms with E-state index in [9.17, 15) is 4.79 Å². The molecular weight excluding hydrogens is 450 g/mol. The van der Waals surface area contributed by atoms with Crippen LogP contribution in [-0.4, -0.2) is 31.4 Å². The zero-order valence-corrected chi connectivity index (χ0v) is 19.4. The second-order valence-corrected chi connectivity index (χ2v) is 8.98. The SMILES string of the molecule is CCn1c(SCC(=O)Nc2nc(-c3ccccc3Cl)cs2)nnc1-c1cccc(C)c1. The second-order valence-electron chi connectivity index (χ2n) is 6.77. The molecule has 1 amide bonds. The highest BCUT2D eigenvalue weighted by Gasteiger charge is 2.16. The molecule has 0 aliphatic heterocycles. The minimum Gasteiger partial charge on any atom is -0.302 e. The molecule has 0 unspecified atom stereocenters. The number of hydrogen-bond donors (Lipinski definition) is 1. The summed E-state index contributed by atoms with van der Waals surface area (Å²) in [7, 11) is 0. The maximum absolute atomic E-state index is 12.5. The fourth-order valence-corrected chi connectivity index (χ4v) is 4.85. The maximum Gasteiger partial charge on any atom is 0.236 e. The van der Waals surface area contributed by atoms with Crippen LogP contribution in [0, 0.1) is 6.92 Å². The second kappa shape index (κ2) is 9.64. The number of thioether (sulfide) groups is 1. The van der Waals surface area contributed by atoms with E-state index >= 15 is 0 Å². The molecule has 0 spiro atoms. The van der Waals surface area contributed by atoms with Crippen LogP contribution in [0.25, 0.3) is 22.6 Å². The van der Waals surface area contributed by atoms with E-state index in [1.165, 1.54) is 23.1 Å². The van der Waals surface area contributed by atoms with Crippen LogP contribution in [0.4, 0.5) is 5.13 Å². The third-order valence-corrected chi connectivity index (χ3v) is 6.60. The summed E-state index contributed by atoms with van der Waals surface area (Å²) in [5.41, 5.74) is 3.76. The zero-order valence-electron chi connectivity index (χ0n) is 17.0. The molecular formula is C22H20ClN5OS2. The van der Waals surface area contributed by atoms with Crippen molar-refractivity contribution in [2.24, 2.45) is 0 Å². The van der Waals surface area contributed by atoms with Crippen molar-refractivity contribution in [3.8, 4) is 22.6 Å². The lowest BCUT2D eigenvalue weighted by Crippen LogP contribution is -2.14. The van der Waals surface area contributed by atoms with Crippen LogP contribution in [0.1, 0.15) is 12.5 Å². The van der Waals surface area contributed by atoms with Gasteiger partial charge in [-0.2, -0.15) is 0 Å². The Morgan fingerprint density at radius 3 is 2.81 bits per heavy atom. The number of benzene rings is 2. The maximum atomic E-state index is 12.5. The van der Waals surface area contributed by atoms with Gasteiger partial charge in [0.05, 0.1) is 11.4 Å². The highest BCUT2D eigenvalue weighted by Crippen LogP contribution is 2.30. The van der Waals surface area contributed by atoms with Gasteiger partial charge in [0.2, 0.25) is 5.91 Å². The van der Waals surface area contributed by atoms with Gasteiger partial charge in [0, 0.05) is 28.1 Å². The van der Waals surface area contributed by atoms with E-state index in [0.29, 0.717) is 21.9 Å². The number of carbonyl (C=O) groups is 1. The summed E-state index contributed by atoms with van der Waals surface area (Å²) in [5.74, 6) is 0.874. The number of nitrogens with one attached hydrogen (secondary N) is 1. The Balaban J connectivity index is 1.41. The summed E-state index contributed by atoms with van der Waals surface area (Å²) in [5, 5.41) is 15.3. The number of thiazole rings is 1. The molecule has 6 nitrogen and oxygen atoms in total. The van der Waals surface area contributed by atoms with Crippen molar-refractivity contribution in [1.29, 1.82) is 0 Å². The van der Waals surface area contributed by atoms with E-state index < -0.39 is 0 Å². The van der Waals surface area contributed by atoms with Crippen molar-refractivity contribution in [2.45, 2.75) is 25.5 Å². The Morgan fingerprint density at radius 1 is 1.19 bits per heavy atom. The number of aromatic nitrogens is 4. The monoisotopic (exact) mass is 469 g/mol. The first-order valence-corrected chi connectivity index (χ1v) is 11.9. The van der Waals surface area contributed by atoms with Crippen molar-refractivity contribution in [2.75, 3.05) is 11.1 Å². The van der Waals surface area contributed by atoms with Gasteiger partial charge in [0.15, 0.2) is 16.1 Å². The standard InChI is InChI=1S/C22H20ClN5OS2/c1-3-28-20(15-8-6-7-14(2)11-15)26-27-22(28)31-13-19(29)25-21-24-18(12-30-21)16-9-4-5-10-17(16)23/h4-12H,3,13H2,1-2H3,(H,24,25,29). The molecule has 0 saturated heterocycles. The molecule has 2 heterocycles. The molecule has 1 N–H and O–H groups in total.